The molecule has 6 heteroatoms. The fourth-order valence-electron chi connectivity index (χ4n) is 2.13. The van der Waals surface area contributed by atoms with E-state index in [-0.39, 0.29) is 12.4 Å². The molecule has 0 unspecified atom stereocenters. The lowest BCUT2D eigenvalue weighted by molar-refractivity contribution is -0.145. The van der Waals surface area contributed by atoms with Gasteiger partial charge in [0.15, 0.2) is 15.6 Å². The molecule has 0 atom stereocenters. The fraction of sp³-hybridized carbons (Fsp3) is 0.467. The summed E-state index contributed by atoms with van der Waals surface area (Å²) in [5, 5.41) is 0. The van der Waals surface area contributed by atoms with Gasteiger partial charge in [-0.3, -0.25) is 9.59 Å². The van der Waals surface area contributed by atoms with Crippen LogP contribution in [-0.2, 0) is 29.9 Å². The van der Waals surface area contributed by atoms with E-state index in [1.54, 1.807) is 19.1 Å². The van der Waals surface area contributed by atoms with Gasteiger partial charge in [0.05, 0.1) is 12.4 Å². The zero-order valence-corrected chi connectivity index (χ0v) is 13.3. The van der Waals surface area contributed by atoms with Crippen molar-refractivity contribution in [3.63, 3.8) is 0 Å². The van der Waals surface area contributed by atoms with E-state index in [1.165, 1.54) is 0 Å². The van der Waals surface area contributed by atoms with Crippen molar-refractivity contribution in [1.82, 2.24) is 0 Å². The normalized spacial score (nSPS) is 11.2. The summed E-state index contributed by atoms with van der Waals surface area (Å²) in [6, 6.07) is 5.50. The van der Waals surface area contributed by atoms with Crippen LogP contribution in [0, 0.1) is 13.8 Å². The van der Waals surface area contributed by atoms with Crippen LogP contribution in [0.15, 0.2) is 18.2 Å². The van der Waals surface area contributed by atoms with Crippen LogP contribution in [0.5, 0.6) is 0 Å². The van der Waals surface area contributed by atoms with Gasteiger partial charge in [0, 0.05) is 0 Å². The van der Waals surface area contributed by atoms with Crippen molar-refractivity contribution in [2.75, 3.05) is 12.4 Å². The smallest absolute Gasteiger partial charge is 0.313 e. The molecule has 0 spiro atoms. The zero-order chi connectivity index (χ0) is 16.0. The Morgan fingerprint density at radius 2 is 1.67 bits per heavy atom. The second-order valence-corrected chi connectivity index (χ2v) is 7.11. The first-order valence-electron chi connectivity index (χ1n) is 6.67. The van der Waals surface area contributed by atoms with E-state index in [9.17, 15) is 18.0 Å². The molecule has 0 radical (unpaired) electrons. The molecule has 116 valence electrons. The summed E-state index contributed by atoms with van der Waals surface area (Å²) in [7, 11) is -3.59. The molecule has 1 aromatic rings. The van der Waals surface area contributed by atoms with Gasteiger partial charge < -0.3 is 4.74 Å². The van der Waals surface area contributed by atoms with E-state index in [1.807, 2.05) is 19.9 Å². The Morgan fingerprint density at radius 3 is 2.19 bits per heavy atom. The minimum Gasteiger partial charge on any atom is -0.466 e. The summed E-state index contributed by atoms with van der Waals surface area (Å²) in [6.07, 6.45) is -0.500. The number of aryl methyl sites for hydroxylation is 2. The van der Waals surface area contributed by atoms with Gasteiger partial charge in [0.2, 0.25) is 0 Å². The van der Waals surface area contributed by atoms with E-state index in [0.29, 0.717) is 5.56 Å². The van der Waals surface area contributed by atoms with E-state index >= 15 is 0 Å². The molecular formula is C15H20O5S. The lowest BCUT2D eigenvalue weighted by Gasteiger charge is -2.06. The van der Waals surface area contributed by atoms with Crippen LogP contribution >= 0.6 is 0 Å². The molecule has 0 saturated heterocycles. The number of Topliss-reactive ketones (excluding diaryl/α,β-unsaturated/α-hetero) is 1. The number of sulfone groups is 1. The summed E-state index contributed by atoms with van der Waals surface area (Å²) in [4.78, 5) is 22.7. The van der Waals surface area contributed by atoms with Crippen LogP contribution in [0.1, 0.15) is 30.0 Å². The van der Waals surface area contributed by atoms with Gasteiger partial charge in [-0.05, 0) is 26.3 Å². The largest absolute Gasteiger partial charge is 0.466 e. The molecule has 21 heavy (non-hydrogen) atoms. The van der Waals surface area contributed by atoms with Crippen molar-refractivity contribution >= 4 is 21.6 Å². The number of rotatable bonds is 7. The maximum absolute atomic E-state index is 12.0. The lowest BCUT2D eigenvalue weighted by atomic mass is 10.1. The molecule has 1 rings (SSSR count). The fourth-order valence-corrected chi connectivity index (χ4v) is 3.50. The SMILES string of the molecule is CCOC(=O)CC(=O)CS(=O)(=O)Cc1cc(C)cc(C)c1. The van der Waals surface area contributed by atoms with E-state index in [4.69, 9.17) is 0 Å². The van der Waals surface area contributed by atoms with E-state index in [2.05, 4.69) is 4.74 Å². The average molecular weight is 312 g/mol. The summed E-state index contributed by atoms with van der Waals surface area (Å²) >= 11 is 0. The Labute approximate surface area is 125 Å². The van der Waals surface area contributed by atoms with Crippen LogP contribution in [0.2, 0.25) is 0 Å². The molecule has 1 aromatic carbocycles. The highest BCUT2D eigenvalue weighted by Gasteiger charge is 2.20. The molecule has 0 fully saturated rings. The molecule has 0 heterocycles. The van der Waals surface area contributed by atoms with Gasteiger partial charge in [-0.25, -0.2) is 8.42 Å². The number of ether oxygens (including phenoxy) is 1. The Morgan fingerprint density at radius 1 is 1.10 bits per heavy atom. The third-order valence-electron chi connectivity index (χ3n) is 2.70. The first-order valence-corrected chi connectivity index (χ1v) is 8.49. The number of ketones is 1. The molecule has 0 saturated carbocycles. The van der Waals surface area contributed by atoms with Crippen LogP contribution in [0.3, 0.4) is 0 Å². The van der Waals surface area contributed by atoms with Crippen molar-refractivity contribution in [2.45, 2.75) is 32.9 Å². The summed E-state index contributed by atoms with van der Waals surface area (Å²) in [5.41, 5.74) is 2.59. The number of benzene rings is 1. The Bertz CT molecular complexity index is 611. The highest BCUT2D eigenvalue weighted by Crippen LogP contribution is 2.13. The Hall–Kier alpha value is -1.69. The van der Waals surface area contributed by atoms with Crippen molar-refractivity contribution in [3.05, 3.63) is 34.9 Å². The van der Waals surface area contributed by atoms with Gasteiger partial charge >= 0.3 is 5.97 Å². The number of hydrogen-bond donors (Lipinski definition) is 0. The minimum atomic E-state index is -3.59. The van der Waals surface area contributed by atoms with Crippen LogP contribution in [0.4, 0.5) is 0 Å². The third-order valence-corrected chi connectivity index (χ3v) is 4.23. The van der Waals surface area contributed by atoms with Crippen molar-refractivity contribution in [2.24, 2.45) is 0 Å². The first-order chi connectivity index (χ1) is 9.71. The summed E-state index contributed by atoms with van der Waals surface area (Å²) in [5.74, 6) is -2.18. The topological polar surface area (TPSA) is 77.5 Å². The van der Waals surface area contributed by atoms with Crippen molar-refractivity contribution in [1.29, 1.82) is 0 Å². The number of esters is 1. The van der Waals surface area contributed by atoms with E-state index in [0.717, 1.165) is 11.1 Å². The minimum absolute atomic E-state index is 0.168. The molecule has 0 amide bonds. The quantitative estimate of drug-likeness (QED) is 0.566. The van der Waals surface area contributed by atoms with Crippen molar-refractivity contribution < 1.29 is 22.7 Å². The van der Waals surface area contributed by atoms with Gasteiger partial charge in [-0.2, -0.15) is 0 Å². The highest BCUT2D eigenvalue weighted by molar-refractivity contribution is 7.91. The maximum atomic E-state index is 12.0. The molecule has 0 aliphatic carbocycles. The molecule has 0 bridgehead atoms. The Balaban J connectivity index is 2.69. The summed E-state index contributed by atoms with van der Waals surface area (Å²) < 4.78 is 28.6. The first kappa shape index (κ1) is 17.4. The number of hydrogen-bond acceptors (Lipinski definition) is 5. The third kappa shape index (κ3) is 6.53. The van der Waals surface area contributed by atoms with Crippen LogP contribution in [-0.4, -0.2) is 32.5 Å². The molecule has 0 aliphatic rings. The summed E-state index contributed by atoms with van der Waals surface area (Å²) in [6.45, 7) is 5.56. The predicted molar refractivity (Wildman–Crippen MR) is 79.7 cm³/mol. The van der Waals surface area contributed by atoms with Gasteiger partial charge in [-0.1, -0.05) is 29.3 Å². The second kappa shape index (κ2) is 7.36. The molecular weight excluding hydrogens is 292 g/mol. The van der Waals surface area contributed by atoms with Gasteiger partial charge in [-0.15, -0.1) is 0 Å². The van der Waals surface area contributed by atoms with Crippen molar-refractivity contribution in [3.8, 4) is 0 Å². The lowest BCUT2D eigenvalue weighted by Crippen LogP contribution is -2.21. The number of carbonyl (C=O) groups excluding carboxylic acids is 2. The number of carbonyl (C=O) groups is 2. The zero-order valence-electron chi connectivity index (χ0n) is 12.5. The molecule has 0 N–H and O–H groups in total. The monoisotopic (exact) mass is 312 g/mol. The van der Waals surface area contributed by atoms with Gasteiger partial charge in [0.1, 0.15) is 12.2 Å². The molecule has 0 aromatic heterocycles. The molecule has 5 nitrogen and oxygen atoms in total. The second-order valence-electron chi connectivity index (χ2n) is 5.05. The van der Waals surface area contributed by atoms with Crippen LogP contribution in [0.25, 0.3) is 0 Å². The van der Waals surface area contributed by atoms with Crippen LogP contribution < -0.4 is 0 Å². The molecule has 0 aliphatic heterocycles. The Kier molecular flexibility index (Phi) is 6.08. The van der Waals surface area contributed by atoms with E-state index < -0.39 is 33.8 Å². The van der Waals surface area contributed by atoms with Gasteiger partial charge in [0.25, 0.3) is 0 Å². The highest BCUT2D eigenvalue weighted by atomic mass is 32.2. The standard InChI is InChI=1S/C15H20O5S/c1-4-20-15(17)8-14(16)10-21(18,19)9-13-6-11(2)5-12(3)7-13/h5-7H,4,8-10H2,1-3H3. The predicted octanol–water partition coefficient (Wildman–Crippen LogP) is 1.74. The average Bonchev–Trinajstić information content (AvgIpc) is 2.24. The maximum Gasteiger partial charge on any atom is 0.313 e.